The Balaban J connectivity index is 1.04. The molecule has 0 N–H and O–H groups in total. The van der Waals surface area contributed by atoms with E-state index in [0.717, 1.165) is 51.0 Å². The second-order valence-electron chi connectivity index (χ2n) is 11.6. The zero-order chi connectivity index (χ0) is 27.4. The summed E-state index contributed by atoms with van der Waals surface area (Å²) >= 11 is 0. The van der Waals surface area contributed by atoms with Gasteiger partial charge in [0.2, 0.25) is 11.8 Å². The average molecular weight is 534 g/mol. The summed E-state index contributed by atoms with van der Waals surface area (Å²) in [6.45, 7) is 4.97. The second kappa shape index (κ2) is 11.8. The van der Waals surface area contributed by atoms with Crippen LogP contribution >= 0.6 is 0 Å². The van der Waals surface area contributed by atoms with Gasteiger partial charge in [-0.15, -0.1) is 0 Å². The van der Waals surface area contributed by atoms with Crippen LogP contribution in [-0.2, 0) is 21.4 Å². The predicted octanol–water partition coefficient (Wildman–Crippen LogP) is 5.56. The van der Waals surface area contributed by atoms with Crippen molar-refractivity contribution in [3.63, 3.8) is 0 Å². The topological polar surface area (TPSA) is 43.9 Å². The number of hydrogen-bond donors (Lipinski definition) is 0. The number of amides is 2. The van der Waals surface area contributed by atoms with Crippen LogP contribution in [0, 0.1) is 5.92 Å². The summed E-state index contributed by atoms with van der Waals surface area (Å²) in [5.41, 5.74) is 5.19. The Bertz CT molecular complexity index is 1350. The summed E-state index contributed by atoms with van der Waals surface area (Å²) in [6, 6.07) is 29.0. The largest absolute Gasteiger partial charge is 0.342 e. The summed E-state index contributed by atoms with van der Waals surface area (Å²) in [5.74, 6) is -0.119. The highest BCUT2D eigenvalue weighted by Crippen LogP contribution is 2.43. The van der Waals surface area contributed by atoms with Crippen LogP contribution in [-0.4, -0.2) is 60.9 Å². The minimum absolute atomic E-state index is 0.0760. The van der Waals surface area contributed by atoms with E-state index in [1.807, 2.05) is 58.3 Å². The first kappa shape index (κ1) is 26.5. The van der Waals surface area contributed by atoms with E-state index in [9.17, 15) is 9.59 Å². The van der Waals surface area contributed by atoms with E-state index in [1.165, 1.54) is 16.7 Å². The first-order chi connectivity index (χ1) is 19.6. The molecule has 0 radical (unpaired) electrons. The highest BCUT2D eigenvalue weighted by molar-refractivity contribution is 5.99. The van der Waals surface area contributed by atoms with E-state index in [-0.39, 0.29) is 23.1 Å². The van der Waals surface area contributed by atoms with Gasteiger partial charge in [0.25, 0.3) is 0 Å². The van der Waals surface area contributed by atoms with Crippen LogP contribution in [0.5, 0.6) is 0 Å². The third-order valence-electron chi connectivity index (χ3n) is 9.09. The van der Waals surface area contributed by atoms with E-state index in [4.69, 9.17) is 0 Å². The average Bonchev–Trinajstić information content (AvgIpc) is 3.56. The Morgan fingerprint density at radius 1 is 0.875 bits per heavy atom. The van der Waals surface area contributed by atoms with Gasteiger partial charge in [0.15, 0.2) is 0 Å². The van der Waals surface area contributed by atoms with E-state index in [1.54, 1.807) is 0 Å². The number of para-hydroxylation sites is 1. The zero-order valence-electron chi connectivity index (χ0n) is 23.3. The Morgan fingerprint density at radius 3 is 2.35 bits per heavy atom. The van der Waals surface area contributed by atoms with Crippen LogP contribution < -0.4 is 4.90 Å². The van der Waals surface area contributed by atoms with Gasteiger partial charge in [-0.3, -0.25) is 9.59 Å². The van der Waals surface area contributed by atoms with Crippen LogP contribution in [0.25, 0.3) is 6.08 Å². The van der Waals surface area contributed by atoms with Crippen molar-refractivity contribution in [2.24, 2.45) is 5.92 Å². The maximum atomic E-state index is 13.8. The molecule has 0 aromatic heterocycles. The number of fused-ring (bicyclic) bond motifs is 2. The first-order valence-corrected chi connectivity index (χ1v) is 14.8. The highest BCUT2D eigenvalue weighted by atomic mass is 16.2. The molecule has 2 amide bonds. The lowest BCUT2D eigenvalue weighted by atomic mass is 9.74. The third kappa shape index (κ3) is 5.62. The van der Waals surface area contributed by atoms with Crippen molar-refractivity contribution >= 4 is 23.6 Å². The van der Waals surface area contributed by atoms with Crippen LogP contribution in [0.1, 0.15) is 42.4 Å². The van der Waals surface area contributed by atoms with Gasteiger partial charge < -0.3 is 14.7 Å². The normalized spacial score (nSPS) is 19.8. The molecule has 3 aromatic rings. The smallest absolute Gasteiger partial charge is 0.232 e. The molecular formula is C35H39N3O2. The van der Waals surface area contributed by atoms with Crippen molar-refractivity contribution in [3.05, 3.63) is 108 Å². The number of allylic oxidation sites excluding steroid dienone is 1. The fourth-order valence-corrected chi connectivity index (χ4v) is 6.76. The molecule has 40 heavy (non-hydrogen) atoms. The van der Waals surface area contributed by atoms with Gasteiger partial charge in [0, 0.05) is 37.2 Å². The summed E-state index contributed by atoms with van der Waals surface area (Å²) in [5, 5.41) is 0. The zero-order valence-corrected chi connectivity index (χ0v) is 23.3. The fourth-order valence-electron chi connectivity index (χ4n) is 6.76. The molecule has 1 unspecified atom stereocenters. The Hall–Kier alpha value is -3.70. The van der Waals surface area contributed by atoms with Gasteiger partial charge in [0.1, 0.15) is 0 Å². The van der Waals surface area contributed by atoms with Gasteiger partial charge in [-0.2, -0.15) is 0 Å². The minimum Gasteiger partial charge on any atom is -0.342 e. The molecule has 6 rings (SSSR count). The van der Waals surface area contributed by atoms with Gasteiger partial charge in [-0.25, -0.2) is 0 Å². The molecule has 206 valence electrons. The number of rotatable bonds is 9. The van der Waals surface area contributed by atoms with Crippen LogP contribution in [0.4, 0.5) is 5.69 Å². The summed E-state index contributed by atoms with van der Waals surface area (Å²) in [6.07, 6.45) is 9.05. The van der Waals surface area contributed by atoms with Crippen LogP contribution in [0.2, 0.25) is 0 Å². The highest BCUT2D eigenvalue weighted by Gasteiger charge is 2.38. The number of anilines is 1. The molecule has 2 saturated heterocycles. The fraction of sp³-hybridized carbons (Fsp3) is 0.371. The van der Waals surface area contributed by atoms with Gasteiger partial charge in [0.05, 0.1) is 5.92 Å². The van der Waals surface area contributed by atoms with E-state index >= 15 is 0 Å². The maximum absolute atomic E-state index is 13.8. The molecule has 5 nitrogen and oxygen atoms in total. The molecule has 2 aliphatic heterocycles. The molecule has 0 bridgehead atoms. The molecule has 5 heteroatoms. The Kier molecular flexibility index (Phi) is 7.83. The van der Waals surface area contributed by atoms with E-state index in [0.29, 0.717) is 26.1 Å². The lowest BCUT2D eigenvalue weighted by molar-refractivity contribution is -0.128. The number of carbonyl (C=O) groups is 2. The summed E-state index contributed by atoms with van der Waals surface area (Å²) in [4.78, 5) is 33.0. The van der Waals surface area contributed by atoms with Crippen molar-refractivity contribution in [2.45, 2.75) is 37.5 Å². The van der Waals surface area contributed by atoms with Crippen molar-refractivity contribution in [1.29, 1.82) is 0 Å². The minimum atomic E-state index is -0.285. The van der Waals surface area contributed by atoms with Crippen molar-refractivity contribution < 1.29 is 9.59 Å². The van der Waals surface area contributed by atoms with E-state index in [2.05, 4.69) is 53.5 Å². The van der Waals surface area contributed by atoms with Gasteiger partial charge in [-0.1, -0.05) is 84.9 Å². The van der Waals surface area contributed by atoms with Gasteiger partial charge >= 0.3 is 0 Å². The molecule has 2 heterocycles. The summed E-state index contributed by atoms with van der Waals surface area (Å²) < 4.78 is 0. The molecule has 3 aliphatic rings. The van der Waals surface area contributed by atoms with Crippen molar-refractivity contribution in [1.82, 2.24) is 9.80 Å². The van der Waals surface area contributed by atoms with E-state index < -0.39 is 0 Å². The predicted molar refractivity (Wildman–Crippen MR) is 161 cm³/mol. The molecule has 1 spiro atoms. The van der Waals surface area contributed by atoms with Crippen molar-refractivity contribution in [3.8, 4) is 0 Å². The maximum Gasteiger partial charge on any atom is 0.232 e. The first-order valence-electron chi connectivity index (χ1n) is 14.8. The Morgan fingerprint density at radius 2 is 1.57 bits per heavy atom. The second-order valence-corrected chi connectivity index (χ2v) is 11.6. The molecule has 0 saturated carbocycles. The molecular weight excluding hydrogens is 494 g/mol. The lowest BCUT2D eigenvalue weighted by Crippen LogP contribution is -2.43. The van der Waals surface area contributed by atoms with Crippen molar-refractivity contribution in [2.75, 3.05) is 44.2 Å². The van der Waals surface area contributed by atoms with Crippen LogP contribution in [0.3, 0.4) is 0 Å². The van der Waals surface area contributed by atoms with Crippen LogP contribution in [0.15, 0.2) is 91.0 Å². The number of hydrogen-bond acceptors (Lipinski definition) is 3. The van der Waals surface area contributed by atoms with Gasteiger partial charge in [-0.05, 0) is 74.1 Å². The lowest BCUT2D eigenvalue weighted by Gasteiger charge is -2.39. The SMILES string of the molecule is O=C1CC(C(=O)N(CCCN2CCC3(C=Cc4ccccc43)CC2)c2ccccc2)CN1CCc1ccccc1. The standard InChI is InChI=1S/C35H39N3O2/c39-33-26-30(27-37(33)23-17-28-10-3-1-4-11-28)34(40)38(31-13-5-2-6-14-31)22-9-21-36-24-19-35(20-25-36)18-16-29-12-7-8-15-32(29)35/h1-8,10-16,18,30H,9,17,19-27H2. The Labute approximate surface area is 238 Å². The number of carbonyl (C=O) groups excluding carboxylic acids is 2. The molecule has 1 aliphatic carbocycles. The quantitative estimate of drug-likeness (QED) is 0.362. The number of piperidine rings is 1. The monoisotopic (exact) mass is 533 g/mol. The molecule has 3 aromatic carbocycles. The summed E-state index contributed by atoms with van der Waals surface area (Å²) in [7, 11) is 0. The number of benzene rings is 3. The third-order valence-corrected chi connectivity index (χ3v) is 9.09. The number of nitrogens with zero attached hydrogens (tertiary/aromatic N) is 3. The number of likely N-dealkylation sites (tertiary alicyclic amines) is 2. The molecule has 2 fully saturated rings. The molecule has 1 atom stereocenters.